The number of aromatic nitrogens is 4. The molecule has 0 aliphatic carbocycles. The molecule has 1 aromatic carbocycles. The van der Waals surface area contributed by atoms with E-state index in [0.717, 1.165) is 35.6 Å². The third-order valence-electron chi connectivity index (χ3n) is 4.21. The molecule has 0 saturated heterocycles. The summed E-state index contributed by atoms with van der Waals surface area (Å²) in [6.45, 7) is 3.17. The Balaban J connectivity index is 1.84. The quantitative estimate of drug-likeness (QED) is 0.642. The van der Waals surface area contributed by atoms with Crippen LogP contribution in [0.1, 0.15) is 36.8 Å². The molecule has 4 rings (SSSR count). The van der Waals surface area contributed by atoms with Crippen LogP contribution in [0, 0.1) is 0 Å². The van der Waals surface area contributed by atoms with Crippen LogP contribution in [0.4, 0.5) is 0 Å². The predicted molar refractivity (Wildman–Crippen MR) is 100 cm³/mol. The molecule has 3 heterocycles. The van der Waals surface area contributed by atoms with Crippen LogP contribution in [0.5, 0.6) is 5.88 Å². The summed E-state index contributed by atoms with van der Waals surface area (Å²) in [6.07, 6.45) is 3.74. The van der Waals surface area contributed by atoms with Crippen LogP contribution in [-0.2, 0) is 6.54 Å². The third kappa shape index (κ3) is 3.08. The van der Waals surface area contributed by atoms with Crippen molar-refractivity contribution in [2.24, 2.45) is 4.99 Å². The number of benzene rings is 1. The minimum absolute atomic E-state index is 0.406. The Morgan fingerprint density at radius 3 is 2.92 bits per heavy atom. The fraction of sp³-hybridized carbons (Fsp3) is 0.263. The van der Waals surface area contributed by atoms with Crippen molar-refractivity contribution in [2.75, 3.05) is 6.61 Å². The molecule has 6 nitrogen and oxygen atoms in total. The average Bonchev–Trinajstić information content (AvgIpc) is 3.06. The first-order chi connectivity index (χ1) is 12.8. The largest absolute Gasteiger partial charge is 0.478 e. The number of fused-ring (bicyclic) bond motifs is 3. The number of unbranched alkanes of at least 4 members (excludes halogenated alkanes) is 1. The van der Waals surface area contributed by atoms with Gasteiger partial charge in [-0.05, 0) is 18.6 Å². The second kappa shape index (κ2) is 7.25. The summed E-state index contributed by atoms with van der Waals surface area (Å²) in [6, 6.07) is 11.5. The van der Waals surface area contributed by atoms with Gasteiger partial charge in [-0.3, -0.25) is 9.56 Å². The molecule has 0 N–H and O–H groups in total. The normalized spacial score (nSPS) is 12.8. The van der Waals surface area contributed by atoms with Gasteiger partial charge in [-0.25, -0.2) is 4.98 Å². The van der Waals surface area contributed by atoms with E-state index in [1.807, 2.05) is 41.0 Å². The van der Waals surface area contributed by atoms with Gasteiger partial charge in [0.1, 0.15) is 18.6 Å². The van der Waals surface area contributed by atoms with Gasteiger partial charge in [0.05, 0.1) is 23.0 Å². The van der Waals surface area contributed by atoms with Crippen molar-refractivity contribution in [2.45, 2.75) is 26.3 Å². The van der Waals surface area contributed by atoms with Gasteiger partial charge in [-0.2, -0.15) is 0 Å². The molecule has 0 radical (unpaired) electrons. The maximum Gasteiger partial charge on any atom is 0.213 e. The first-order valence-electron chi connectivity index (χ1n) is 8.60. The van der Waals surface area contributed by atoms with Gasteiger partial charge in [-0.1, -0.05) is 43.1 Å². The smallest absolute Gasteiger partial charge is 0.213 e. The summed E-state index contributed by atoms with van der Waals surface area (Å²) in [5.74, 6) is 1.34. The second-order valence-corrected chi connectivity index (χ2v) is 6.39. The highest BCUT2D eigenvalue weighted by molar-refractivity contribution is 6.35. The standard InChI is InChI=1S/C19H18ClN5O/c1-2-3-10-26-17-9-8-15-19(23-17)18(13-6-4-5-7-14(13)20)21-11-16-24-22-12-25(15)16/h4-9,12H,2-3,10-11H2,1H3. The summed E-state index contributed by atoms with van der Waals surface area (Å²) in [7, 11) is 0. The molecule has 26 heavy (non-hydrogen) atoms. The van der Waals surface area contributed by atoms with Crippen LogP contribution in [-0.4, -0.2) is 32.1 Å². The topological polar surface area (TPSA) is 65.2 Å². The van der Waals surface area contributed by atoms with Crippen molar-refractivity contribution >= 4 is 17.3 Å². The zero-order valence-electron chi connectivity index (χ0n) is 14.4. The minimum Gasteiger partial charge on any atom is -0.478 e. The molecular weight excluding hydrogens is 350 g/mol. The van der Waals surface area contributed by atoms with E-state index < -0.39 is 0 Å². The highest BCUT2D eigenvalue weighted by Gasteiger charge is 2.23. The molecule has 0 unspecified atom stereocenters. The Morgan fingerprint density at radius 1 is 1.19 bits per heavy atom. The minimum atomic E-state index is 0.406. The van der Waals surface area contributed by atoms with E-state index >= 15 is 0 Å². The van der Waals surface area contributed by atoms with Crippen LogP contribution in [0.15, 0.2) is 47.7 Å². The Labute approximate surface area is 156 Å². The molecular formula is C19H18ClN5O. The summed E-state index contributed by atoms with van der Waals surface area (Å²) in [4.78, 5) is 9.47. The van der Waals surface area contributed by atoms with E-state index in [1.54, 1.807) is 6.33 Å². The zero-order chi connectivity index (χ0) is 17.9. The molecule has 132 valence electrons. The molecule has 0 amide bonds. The predicted octanol–water partition coefficient (Wildman–Crippen LogP) is 3.85. The maximum absolute atomic E-state index is 6.43. The Bertz CT molecular complexity index is 966. The molecule has 0 saturated carbocycles. The highest BCUT2D eigenvalue weighted by Crippen LogP contribution is 2.27. The number of hydrogen-bond acceptors (Lipinski definition) is 5. The summed E-state index contributed by atoms with van der Waals surface area (Å²) in [5.41, 5.74) is 3.15. The molecule has 3 aromatic rings. The van der Waals surface area contributed by atoms with Crippen molar-refractivity contribution in [3.8, 4) is 11.6 Å². The summed E-state index contributed by atoms with van der Waals surface area (Å²) < 4.78 is 7.71. The van der Waals surface area contributed by atoms with Crippen LogP contribution < -0.4 is 4.74 Å². The van der Waals surface area contributed by atoms with E-state index in [4.69, 9.17) is 26.3 Å². The molecule has 0 bridgehead atoms. The van der Waals surface area contributed by atoms with E-state index in [2.05, 4.69) is 17.1 Å². The van der Waals surface area contributed by atoms with E-state index in [0.29, 0.717) is 29.7 Å². The number of ether oxygens (including phenoxy) is 1. The van der Waals surface area contributed by atoms with Crippen LogP contribution in [0.3, 0.4) is 0 Å². The van der Waals surface area contributed by atoms with Gasteiger partial charge < -0.3 is 4.74 Å². The third-order valence-corrected chi connectivity index (χ3v) is 4.54. The zero-order valence-corrected chi connectivity index (χ0v) is 15.1. The summed E-state index contributed by atoms with van der Waals surface area (Å²) >= 11 is 6.43. The number of pyridine rings is 1. The first-order valence-corrected chi connectivity index (χ1v) is 8.98. The number of halogens is 1. The second-order valence-electron chi connectivity index (χ2n) is 5.98. The van der Waals surface area contributed by atoms with Crippen molar-refractivity contribution in [1.82, 2.24) is 19.7 Å². The fourth-order valence-electron chi connectivity index (χ4n) is 2.86. The molecule has 0 fully saturated rings. The first kappa shape index (κ1) is 16.7. The summed E-state index contributed by atoms with van der Waals surface area (Å²) in [5, 5.41) is 8.80. The van der Waals surface area contributed by atoms with E-state index in [1.165, 1.54) is 0 Å². The Hall–Kier alpha value is -2.73. The average molecular weight is 368 g/mol. The molecule has 1 aliphatic rings. The van der Waals surface area contributed by atoms with Crippen molar-refractivity contribution in [3.05, 3.63) is 64.8 Å². The van der Waals surface area contributed by atoms with Gasteiger partial charge in [0.25, 0.3) is 0 Å². The molecule has 7 heteroatoms. The Morgan fingerprint density at radius 2 is 2.08 bits per heavy atom. The van der Waals surface area contributed by atoms with Gasteiger partial charge in [0, 0.05) is 11.6 Å². The highest BCUT2D eigenvalue weighted by atomic mass is 35.5. The lowest BCUT2D eigenvalue weighted by atomic mass is 10.1. The SMILES string of the molecule is CCCCOc1ccc2c(n1)C(c1ccccc1Cl)=NCc1nncn1-2. The number of aliphatic imine (C=N–C) groups is 1. The lowest BCUT2D eigenvalue weighted by Gasteiger charge is -2.13. The number of nitrogens with zero attached hydrogens (tertiary/aromatic N) is 5. The van der Waals surface area contributed by atoms with Crippen molar-refractivity contribution in [3.63, 3.8) is 0 Å². The van der Waals surface area contributed by atoms with Crippen molar-refractivity contribution in [1.29, 1.82) is 0 Å². The fourth-order valence-corrected chi connectivity index (χ4v) is 3.09. The van der Waals surface area contributed by atoms with Gasteiger partial charge >= 0.3 is 0 Å². The monoisotopic (exact) mass is 367 g/mol. The van der Waals surface area contributed by atoms with Crippen molar-refractivity contribution < 1.29 is 4.74 Å². The lowest BCUT2D eigenvalue weighted by molar-refractivity contribution is 0.297. The van der Waals surface area contributed by atoms with Gasteiger partial charge in [0.2, 0.25) is 5.88 Å². The van der Waals surface area contributed by atoms with Crippen LogP contribution >= 0.6 is 11.6 Å². The van der Waals surface area contributed by atoms with E-state index in [9.17, 15) is 0 Å². The lowest BCUT2D eigenvalue weighted by Crippen LogP contribution is -2.11. The molecule has 0 atom stereocenters. The van der Waals surface area contributed by atoms with Crippen LogP contribution in [0.25, 0.3) is 5.69 Å². The van der Waals surface area contributed by atoms with Gasteiger partial charge in [-0.15, -0.1) is 10.2 Å². The number of hydrogen-bond donors (Lipinski definition) is 0. The molecule has 2 aromatic heterocycles. The van der Waals surface area contributed by atoms with Gasteiger partial charge in [0.15, 0.2) is 5.82 Å². The van der Waals surface area contributed by atoms with E-state index in [-0.39, 0.29) is 0 Å². The molecule has 0 spiro atoms. The maximum atomic E-state index is 6.43. The Kier molecular flexibility index (Phi) is 4.67. The van der Waals surface area contributed by atoms with Crippen LogP contribution in [0.2, 0.25) is 5.02 Å². The molecule has 1 aliphatic heterocycles. The number of rotatable bonds is 5.